The minimum atomic E-state index is -0.956. The maximum Gasteiger partial charge on any atom is 0.333 e. The van der Waals surface area contributed by atoms with Crippen LogP contribution in [-0.4, -0.2) is 24.3 Å². The van der Waals surface area contributed by atoms with Gasteiger partial charge in [0, 0.05) is 18.6 Å². The molecule has 1 aromatic rings. The van der Waals surface area contributed by atoms with Crippen LogP contribution < -0.4 is 0 Å². The molecule has 4 heteroatoms. The van der Waals surface area contributed by atoms with Crippen LogP contribution in [0.15, 0.2) is 24.3 Å². The number of benzene rings is 1. The molecule has 1 atom stereocenters. The highest BCUT2D eigenvalue weighted by Gasteiger charge is 2.16. The lowest BCUT2D eigenvalue weighted by Crippen LogP contribution is -2.24. The number of aliphatic carboxylic acids is 1. The van der Waals surface area contributed by atoms with Crippen molar-refractivity contribution < 1.29 is 14.6 Å². The molecule has 0 aliphatic carbocycles. The summed E-state index contributed by atoms with van der Waals surface area (Å²) in [6.45, 7) is 0. The van der Waals surface area contributed by atoms with Crippen molar-refractivity contribution in [3.05, 3.63) is 34.9 Å². The number of methoxy groups -OCH3 is 1. The molecular formula is C10H11ClO3. The Bertz CT molecular complexity index is 308. The van der Waals surface area contributed by atoms with Crippen LogP contribution in [0.3, 0.4) is 0 Å². The summed E-state index contributed by atoms with van der Waals surface area (Å²) in [5.41, 5.74) is 0.892. The average molecular weight is 215 g/mol. The number of hydrogen-bond acceptors (Lipinski definition) is 2. The van der Waals surface area contributed by atoms with E-state index in [9.17, 15) is 4.79 Å². The maximum atomic E-state index is 10.7. The molecule has 76 valence electrons. The van der Waals surface area contributed by atoms with E-state index < -0.39 is 12.1 Å². The number of carboxylic acid groups (broad SMARTS) is 1. The van der Waals surface area contributed by atoms with Crippen molar-refractivity contribution in [3.63, 3.8) is 0 Å². The molecule has 14 heavy (non-hydrogen) atoms. The molecular weight excluding hydrogens is 204 g/mol. The van der Waals surface area contributed by atoms with Crippen molar-refractivity contribution in [1.29, 1.82) is 0 Å². The number of halogens is 1. The van der Waals surface area contributed by atoms with Crippen LogP contribution in [0.25, 0.3) is 0 Å². The van der Waals surface area contributed by atoms with Gasteiger partial charge >= 0.3 is 5.97 Å². The van der Waals surface area contributed by atoms with Crippen LogP contribution in [0.5, 0.6) is 0 Å². The van der Waals surface area contributed by atoms with E-state index in [0.29, 0.717) is 11.4 Å². The Hall–Kier alpha value is -1.06. The van der Waals surface area contributed by atoms with E-state index >= 15 is 0 Å². The largest absolute Gasteiger partial charge is 0.479 e. The van der Waals surface area contributed by atoms with Crippen molar-refractivity contribution in [1.82, 2.24) is 0 Å². The van der Waals surface area contributed by atoms with Crippen LogP contribution in [0.4, 0.5) is 0 Å². The molecule has 3 nitrogen and oxygen atoms in total. The maximum absolute atomic E-state index is 10.7. The van der Waals surface area contributed by atoms with Gasteiger partial charge in [-0.2, -0.15) is 0 Å². The molecule has 0 saturated carbocycles. The lowest BCUT2D eigenvalue weighted by Gasteiger charge is -2.09. The zero-order valence-electron chi connectivity index (χ0n) is 7.74. The van der Waals surface area contributed by atoms with E-state index in [4.69, 9.17) is 21.4 Å². The fourth-order valence-corrected chi connectivity index (χ4v) is 1.23. The van der Waals surface area contributed by atoms with E-state index in [1.807, 2.05) is 0 Å². The summed E-state index contributed by atoms with van der Waals surface area (Å²) in [6, 6.07) is 7.03. The Morgan fingerprint density at radius 2 is 2.07 bits per heavy atom. The molecule has 0 unspecified atom stereocenters. The highest BCUT2D eigenvalue weighted by Crippen LogP contribution is 2.11. The molecule has 0 aliphatic heterocycles. The number of ether oxygens (including phenoxy) is 1. The van der Waals surface area contributed by atoms with Crippen LogP contribution >= 0.6 is 11.6 Å². The van der Waals surface area contributed by atoms with E-state index in [0.717, 1.165) is 5.56 Å². The second kappa shape index (κ2) is 4.98. The number of rotatable bonds is 4. The molecule has 0 aromatic heterocycles. The number of hydrogen-bond donors (Lipinski definition) is 1. The summed E-state index contributed by atoms with van der Waals surface area (Å²) < 4.78 is 4.81. The molecule has 0 aliphatic rings. The molecule has 0 amide bonds. The van der Waals surface area contributed by atoms with E-state index in [1.54, 1.807) is 24.3 Å². The lowest BCUT2D eigenvalue weighted by molar-refractivity contribution is -0.148. The molecule has 0 bridgehead atoms. The first-order chi connectivity index (χ1) is 6.63. The number of carbonyl (C=O) groups is 1. The third kappa shape index (κ3) is 3.01. The Labute approximate surface area is 87.3 Å². The van der Waals surface area contributed by atoms with E-state index in [2.05, 4.69) is 0 Å². The van der Waals surface area contributed by atoms with Crippen molar-refractivity contribution in [3.8, 4) is 0 Å². The van der Waals surface area contributed by atoms with Crippen LogP contribution in [0.1, 0.15) is 5.56 Å². The first kappa shape index (κ1) is 11.0. The van der Waals surface area contributed by atoms with Gasteiger partial charge in [-0.1, -0.05) is 23.7 Å². The average Bonchev–Trinajstić information content (AvgIpc) is 2.16. The SMILES string of the molecule is CO[C@@H](Cc1ccc(Cl)cc1)C(=O)O. The zero-order valence-corrected chi connectivity index (χ0v) is 8.49. The van der Waals surface area contributed by atoms with Gasteiger partial charge in [-0.15, -0.1) is 0 Å². The molecule has 0 saturated heterocycles. The minimum absolute atomic E-state index is 0.350. The first-order valence-electron chi connectivity index (χ1n) is 4.13. The third-order valence-electron chi connectivity index (χ3n) is 1.89. The summed E-state index contributed by atoms with van der Waals surface area (Å²) in [4.78, 5) is 10.7. The summed E-state index contributed by atoms with van der Waals surface area (Å²) in [6.07, 6.45) is -0.445. The van der Waals surface area contributed by atoms with Crippen LogP contribution in [0, 0.1) is 0 Å². The monoisotopic (exact) mass is 214 g/mol. The summed E-state index contributed by atoms with van der Waals surface area (Å²) in [5.74, 6) is -0.956. The predicted molar refractivity (Wildman–Crippen MR) is 53.6 cm³/mol. The fraction of sp³-hybridized carbons (Fsp3) is 0.300. The van der Waals surface area contributed by atoms with Gasteiger partial charge in [-0.05, 0) is 17.7 Å². The van der Waals surface area contributed by atoms with Gasteiger partial charge in [0.1, 0.15) is 0 Å². The molecule has 0 spiro atoms. The van der Waals surface area contributed by atoms with Gasteiger partial charge < -0.3 is 9.84 Å². The van der Waals surface area contributed by atoms with Crippen molar-refractivity contribution in [2.24, 2.45) is 0 Å². The third-order valence-corrected chi connectivity index (χ3v) is 2.15. The standard InChI is InChI=1S/C10H11ClO3/c1-14-9(10(12)13)6-7-2-4-8(11)5-3-7/h2-5,9H,6H2,1H3,(H,12,13)/t9-/m0/s1. The van der Waals surface area contributed by atoms with Gasteiger partial charge in [-0.3, -0.25) is 0 Å². The predicted octanol–water partition coefficient (Wildman–Crippen LogP) is 1.98. The smallest absolute Gasteiger partial charge is 0.333 e. The van der Waals surface area contributed by atoms with Crippen LogP contribution in [-0.2, 0) is 16.0 Å². The molecule has 1 aromatic carbocycles. The second-order valence-corrected chi connectivity index (χ2v) is 3.33. The Morgan fingerprint density at radius 1 is 1.50 bits per heavy atom. The van der Waals surface area contributed by atoms with Crippen molar-refractivity contribution >= 4 is 17.6 Å². The molecule has 0 fully saturated rings. The molecule has 0 heterocycles. The van der Waals surface area contributed by atoms with E-state index in [1.165, 1.54) is 7.11 Å². The Morgan fingerprint density at radius 3 is 2.50 bits per heavy atom. The Kier molecular flexibility index (Phi) is 3.92. The minimum Gasteiger partial charge on any atom is -0.479 e. The lowest BCUT2D eigenvalue weighted by atomic mass is 10.1. The van der Waals surface area contributed by atoms with Gasteiger partial charge in [0.15, 0.2) is 6.10 Å². The Balaban J connectivity index is 2.67. The zero-order chi connectivity index (χ0) is 10.6. The summed E-state index contributed by atoms with van der Waals surface area (Å²) in [5, 5.41) is 9.38. The summed E-state index contributed by atoms with van der Waals surface area (Å²) in [7, 11) is 1.38. The highest BCUT2D eigenvalue weighted by atomic mass is 35.5. The van der Waals surface area contributed by atoms with Gasteiger partial charge in [0.25, 0.3) is 0 Å². The van der Waals surface area contributed by atoms with E-state index in [-0.39, 0.29) is 0 Å². The first-order valence-corrected chi connectivity index (χ1v) is 4.51. The van der Waals surface area contributed by atoms with Gasteiger partial charge in [-0.25, -0.2) is 4.79 Å². The second-order valence-electron chi connectivity index (χ2n) is 2.89. The van der Waals surface area contributed by atoms with Crippen molar-refractivity contribution in [2.45, 2.75) is 12.5 Å². The summed E-state index contributed by atoms with van der Waals surface area (Å²) >= 11 is 5.70. The number of carboxylic acids is 1. The molecule has 1 rings (SSSR count). The molecule has 0 radical (unpaired) electrons. The topological polar surface area (TPSA) is 46.5 Å². The van der Waals surface area contributed by atoms with Crippen molar-refractivity contribution in [2.75, 3.05) is 7.11 Å². The molecule has 1 N–H and O–H groups in total. The van der Waals surface area contributed by atoms with Crippen LogP contribution in [0.2, 0.25) is 5.02 Å². The highest BCUT2D eigenvalue weighted by molar-refractivity contribution is 6.30. The van der Waals surface area contributed by atoms with Gasteiger partial charge in [0.2, 0.25) is 0 Å². The normalized spacial score (nSPS) is 12.4. The van der Waals surface area contributed by atoms with Gasteiger partial charge in [0.05, 0.1) is 0 Å². The quantitative estimate of drug-likeness (QED) is 0.834. The fourth-order valence-electron chi connectivity index (χ4n) is 1.11.